The monoisotopic (exact) mass is 284 g/mol. The van der Waals surface area contributed by atoms with Crippen molar-refractivity contribution in [2.45, 2.75) is 27.2 Å². The van der Waals surface area contributed by atoms with Gasteiger partial charge in [0.25, 0.3) is 0 Å². The predicted octanol–water partition coefficient (Wildman–Crippen LogP) is 3.29. The number of nitrogens with one attached hydrogen (secondary N) is 1. The van der Waals surface area contributed by atoms with Crippen LogP contribution in [0.3, 0.4) is 0 Å². The first kappa shape index (κ1) is 14.9. The number of thiocarbonyl (C=S) groups is 1. The molecule has 1 aromatic carbocycles. The van der Waals surface area contributed by atoms with Gasteiger partial charge in [-0.2, -0.15) is 0 Å². The SMILES string of the molecule is CCC(C)(C(=O)Nc1cc(C)ccc1Cl)C(N)=S. The molecule has 1 rings (SSSR count). The van der Waals surface area contributed by atoms with E-state index in [9.17, 15) is 4.79 Å². The van der Waals surface area contributed by atoms with Gasteiger partial charge in [0.05, 0.1) is 21.1 Å². The maximum Gasteiger partial charge on any atom is 0.237 e. The Balaban J connectivity index is 3.00. The van der Waals surface area contributed by atoms with E-state index in [1.807, 2.05) is 26.0 Å². The number of nitrogens with two attached hydrogens (primary N) is 1. The Morgan fingerprint density at radius 1 is 1.56 bits per heavy atom. The number of anilines is 1. The maximum atomic E-state index is 12.2. The quantitative estimate of drug-likeness (QED) is 0.834. The standard InChI is InChI=1S/C13H17ClN2OS/c1-4-13(3,11(15)18)12(17)16-10-7-8(2)5-6-9(10)14/h5-7H,4H2,1-3H3,(H2,15,18)(H,16,17). The van der Waals surface area contributed by atoms with Crippen LogP contribution in [0.5, 0.6) is 0 Å². The van der Waals surface area contributed by atoms with E-state index in [2.05, 4.69) is 5.32 Å². The molecule has 5 heteroatoms. The van der Waals surface area contributed by atoms with Crippen molar-refractivity contribution in [3.63, 3.8) is 0 Å². The molecule has 0 saturated carbocycles. The summed E-state index contributed by atoms with van der Waals surface area (Å²) < 4.78 is 0. The molecule has 0 aliphatic heterocycles. The van der Waals surface area contributed by atoms with Crippen molar-refractivity contribution in [3.05, 3.63) is 28.8 Å². The molecule has 0 aliphatic rings. The van der Waals surface area contributed by atoms with E-state index in [4.69, 9.17) is 29.6 Å². The lowest BCUT2D eigenvalue weighted by atomic mass is 9.86. The minimum Gasteiger partial charge on any atom is -0.392 e. The molecule has 0 spiro atoms. The van der Waals surface area contributed by atoms with Crippen LogP contribution in [0.25, 0.3) is 0 Å². The van der Waals surface area contributed by atoms with Gasteiger partial charge >= 0.3 is 0 Å². The van der Waals surface area contributed by atoms with Crippen LogP contribution in [0.1, 0.15) is 25.8 Å². The molecule has 1 amide bonds. The third kappa shape index (κ3) is 3.00. The fraction of sp³-hybridized carbons (Fsp3) is 0.385. The molecule has 0 saturated heterocycles. The summed E-state index contributed by atoms with van der Waals surface area (Å²) in [6.07, 6.45) is 0.539. The molecule has 18 heavy (non-hydrogen) atoms. The third-order valence-corrected chi connectivity index (χ3v) is 3.90. The number of halogens is 1. The number of aryl methyl sites for hydroxylation is 1. The van der Waals surface area contributed by atoms with Gasteiger partial charge in [-0.25, -0.2) is 0 Å². The van der Waals surface area contributed by atoms with Gasteiger partial charge in [-0.15, -0.1) is 0 Å². The molecule has 1 unspecified atom stereocenters. The average molecular weight is 285 g/mol. The molecule has 1 atom stereocenters. The lowest BCUT2D eigenvalue weighted by molar-refractivity contribution is -0.121. The maximum absolute atomic E-state index is 12.2. The fourth-order valence-electron chi connectivity index (χ4n) is 1.44. The van der Waals surface area contributed by atoms with Crippen LogP contribution >= 0.6 is 23.8 Å². The highest BCUT2D eigenvalue weighted by Crippen LogP contribution is 2.28. The number of hydrogen-bond acceptors (Lipinski definition) is 2. The third-order valence-electron chi connectivity index (χ3n) is 3.12. The van der Waals surface area contributed by atoms with Crippen LogP contribution < -0.4 is 11.1 Å². The molecule has 3 nitrogen and oxygen atoms in total. The molecule has 98 valence electrons. The summed E-state index contributed by atoms with van der Waals surface area (Å²) in [5, 5.41) is 3.28. The normalized spacial score (nSPS) is 13.8. The van der Waals surface area contributed by atoms with Crippen molar-refractivity contribution in [1.82, 2.24) is 0 Å². The van der Waals surface area contributed by atoms with Crippen molar-refractivity contribution in [2.24, 2.45) is 11.1 Å². The van der Waals surface area contributed by atoms with Gasteiger partial charge in [0.15, 0.2) is 0 Å². The van der Waals surface area contributed by atoms with E-state index >= 15 is 0 Å². The first-order valence-electron chi connectivity index (χ1n) is 5.68. The van der Waals surface area contributed by atoms with Gasteiger partial charge in [0.1, 0.15) is 0 Å². The van der Waals surface area contributed by atoms with Crippen LogP contribution in [-0.4, -0.2) is 10.9 Å². The van der Waals surface area contributed by atoms with Crippen molar-refractivity contribution < 1.29 is 4.79 Å². The molecule has 0 bridgehead atoms. The molecular formula is C13H17ClN2OS. The molecular weight excluding hydrogens is 268 g/mol. The number of rotatable bonds is 4. The highest BCUT2D eigenvalue weighted by molar-refractivity contribution is 7.80. The molecule has 0 radical (unpaired) electrons. The second-order valence-corrected chi connectivity index (χ2v) is 5.33. The highest BCUT2D eigenvalue weighted by atomic mass is 35.5. The smallest absolute Gasteiger partial charge is 0.237 e. The van der Waals surface area contributed by atoms with Crippen LogP contribution in [0.4, 0.5) is 5.69 Å². The van der Waals surface area contributed by atoms with Gasteiger partial charge in [-0.05, 0) is 38.0 Å². The van der Waals surface area contributed by atoms with Crippen LogP contribution in [-0.2, 0) is 4.79 Å². The second kappa shape index (κ2) is 5.67. The Labute approximate surface area is 118 Å². The molecule has 0 aromatic heterocycles. The fourth-order valence-corrected chi connectivity index (χ4v) is 1.84. The first-order valence-corrected chi connectivity index (χ1v) is 6.47. The van der Waals surface area contributed by atoms with E-state index in [0.29, 0.717) is 17.1 Å². The first-order chi connectivity index (χ1) is 8.31. The number of carbonyl (C=O) groups is 1. The molecule has 0 fully saturated rings. The summed E-state index contributed by atoms with van der Waals surface area (Å²) in [5.74, 6) is -0.231. The van der Waals surface area contributed by atoms with E-state index in [-0.39, 0.29) is 10.9 Å². The summed E-state index contributed by atoms with van der Waals surface area (Å²) in [6, 6.07) is 5.44. The van der Waals surface area contributed by atoms with E-state index in [1.165, 1.54) is 0 Å². The van der Waals surface area contributed by atoms with Crippen molar-refractivity contribution in [2.75, 3.05) is 5.32 Å². The van der Waals surface area contributed by atoms with Crippen LogP contribution in [0, 0.1) is 12.3 Å². The molecule has 3 N–H and O–H groups in total. The van der Waals surface area contributed by atoms with Gasteiger partial charge < -0.3 is 11.1 Å². The Bertz CT molecular complexity index is 490. The zero-order valence-electron chi connectivity index (χ0n) is 10.7. The van der Waals surface area contributed by atoms with Crippen LogP contribution in [0.15, 0.2) is 18.2 Å². The highest BCUT2D eigenvalue weighted by Gasteiger charge is 2.34. The van der Waals surface area contributed by atoms with Crippen LogP contribution in [0.2, 0.25) is 5.02 Å². The summed E-state index contributed by atoms with van der Waals surface area (Å²) >= 11 is 11.0. The predicted molar refractivity (Wildman–Crippen MR) is 80.0 cm³/mol. The van der Waals surface area contributed by atoms with Gasteiger partial charge in [-0.1, -0.05) is 36.8 Å². The van der Waals surface area contributed by atoms with Crippen molar-refractivity contribution in [3.8, 4) is 0 Å². The number of amides is 1. The number of carbonyl (C=O) groups excluding carboxylic acids is 1. The van der Waals surface area contributed by atoms with Gasteiger partial charge in [-0.3, -0.25) is 4.79 Å². The van der Waals surface area contributed by atoms with Gasteiger partial charge in [0, 0.05) is 0 Å². The van der Waals surface area contributed by atoms with Crippen molar-refractivity contribution >= 4 is 40.4 Å². The molecule has 1 aromatic rings. The zero-order valence-corrected chi connectivity index (χ0v) is 12.3. The van der Waals surface area contributed by atoms with Crippen molar-refractivity contribution in [1.29, 1.82) is 0 Å². The number of hydrogen-bond donors (Lipinski definition) is 2. The Hall–Kier alpha value is -1.13. The molecule has 0 aliphatic carbocycles. The Kier molecular flexibility index (Phi) is 4.71. The average Bonchev–Trinajstić information content (AvgIpc) is 2.32. The lowest BCUT2D eigenvalue weighted by Crippen LogP contribution is -2.43. The number of benzene rings is 1. The Morgan fingerprint density at radius 3 is 2.67 bits per heavy atom. The summed E-state index contributed by atoms with van der Waals surface area (Å²) in [5.41, 5.74) is 6.38. The lowest BCUT2D eigenvalue weighted by Gasteiger charge is -2.25. The van der Waals surface area contributed by atoms with E-state index in [1.54, 1.807) is 13.0 Å². The minimum atomic E-state index is -0.859. The zero-order chi connectivity index (χ0) is 13.9. The molecule has 0 heterocycles. The van der Waals surface area contributed by atoms with Gasteiger partial charge in [0.2, 0.25) is 5.91 Å². The largest absolute Gasteiger partial charge is 0.392 e. The summed E-state index contributed by atoms with van der Waals surface area (Å²) in [7, 11) is 0. The van der Waals surface area contributed by atoms with E-state index < -0.39 is 5.41 Å². The summed E-state index contributed by atoms with van der Waals surface area (Å²) in [4.78, 5) is 12.4. The Morgan fingerprint density at radius 2 is 2.17 bits per heavy atom. The van der Waals surface area contributed by atoms with E-state index in [0.717, 1.165) is 5.56 Å². The second-order valence-electron chi connectivity index (χ2n) is 4.49. The minimum absolute atomic E-state index is 0.186. The summed E-state index contributed by atoms with van der Waals surface area (Å²) in [6.45, 7) is 5.53. The topological polar surface area (TPSA) is 55.1 Å².